The first kappa shape index (κ1) is 26.1. The number of ether oxygens (including phenoxy) is 1. The molecule has 1 N–H and O–H groups in total. The van der Waals surface area contributed by atoms with E-state index in [1.807, 2.05) is 36.4 Å². The Morgan fingerprint density at radius 2 is 1.92 bits per heavy atom. The van der Waals surface area contributed by atoms with Crippen molar-refractivity contribution in [2.75, 3.05) is 6.61 Å². The van der Waals surface area contributed by atoms with E-state index in [9.17, 15) is 14.9 Å². The fraction of sp³-hybridized carbons (Fsp3) is 0.290. The highest BCUT2D eigenvalue weighted by Gasteiger charge is 2.22. The maximum Gasteiger partial charge on any atom is 0.251 e. The second-order valence-electron chi connectivity index (χ2n) is 9.71. The van der Waals surface area contributed by atoms with E-state index in [1.54, 1.807) is 25.3 Å². The Bertz CT molecular complexity index is 1610. The number of Topliss-reactive ketones (excluding diaryl/α,β-unsaturated/α-hetero) is 1. The van der Waals surface area contributed by atoms with Crippen LogP contribution in [-0.2, 0) is 24.3 Å². The number of rotatable bonds is 8. The third-order valence-corrected chi connectivity index (χ3v) is 6.92. The van der Waals surface area contributed by atoms with Crippen molar-refractivity contribution >= 4 is 22.6 Å². The smallest absolute Gasteiger partial charge is 0.251 e. The second-order valence-corrected chi connectivity index (χ2v) is 9.71. The molecule has 8 nitrogen and oxygen atoms in total. The van der Waals surface area contributed by atoms with Crippen molar-refractivity contribution in [1.82, 2.24) is 20.3 Å². The number of carbonyl (C=O) groups excluding carboxylic acids is 2. The van der Waals surface area contributed by atoms with Gasteiger partial charge in [0.05, 0.1) is 60.0 Å². The molecule has 0 saturated carbocycles. The molecule has 3 aromatic heterocycles. The van der Waals surface area contributed by atoms with Crippen molar-refractivity contribution in [3.63, 3.8) is 0 Å². The highest BCUT2D eigenvalue weighted by Crippen LogP contribution is 2.27. The summed E-state index contributed by atoms with van der Waals surface area (Å²) in [7, 11) is 0. The highest BCUT2D eigenvalue weighted by molar-refractivity contribution is 5.95. The van der Waals surface area contributed by atoms with Gasteiger partial charge >= 0.3 is 0 Å². The summed E-state index contributed by atoms with van der Waals surface area (Å²) in [6, 6.07) is 17.0. The average molecular weight is 520 g/mol. The standard InChI is InChI=1S/C31H29N5O3/c1-3-4-5-27-25(19(2)37)9-11-29(35-27)28-10-8-21-15-33-24(13-30(21)36-28)16-34-31(38)20-6-7-22-17-39-18-23(14-32)26(22)12-20/h6-13,15,23H,3-5,16-18H2,1-2H3,(H,34,38)/t23-/m1/s1. The molecule has 1 atom stereocenters. The normalized spacial score (nSPS) is 14.4. The number of carbonyl (C=O) groups is 2. The zero-order valence-corrected chi connectivity index (χ0v) is 22.0. The molecule has 4 heterocycles. The van der Waals surface area contributed by atoms with Crippen molar-refractivity contribution < 1.29 is 14.3 Å². The minimum absolute atomic E-state index is 0.0127. The molecule has 5 rings (SSSR count). The number of fused-ring (bicyclic) bond motifs is 2. The Balaban J connectivity index is 1.35. The number of nitriles is 1. The molecule has 39 heavy (non-hydrogen) atoms. The van der Waals surface area contributed by atoms with Gasteiger partial charge in [0.15, 0.2) is 5.78 Å². The molecule has 8 heteroatoms. The molecule has 196 valence electrons. The zero-order valence-electron chi connectivity index (χ0n) is 22.0. The number of ketones is 1. The number of aromatic nitrogens is 3. The van der Waals surface area contributed by atoms with Crippen molar-refractivity contribution in [3.8, 4) is 17.5 Å². The van der Waals surface area contributed by atoms with E-state index in [0.717, 1.165) is 47.0 Å². The number of nitrogens with zero attached hydrogens (tertiary/aromatic N) is 4. The number of hydrogen-bond donors (Lipinski definition) is 1. The van der Waals surface area contributed by atoms with E-state index in [0.29, 0.717) is 41.4 Å². The Hall–Kier alpha value is -4.48. The number of hydrogen-bond acceptors (Lipinski definition) is 7. The third kappa shape index (κ3) is 5.69. The van der Waals surface area contributed by atoms with Crippen molar-refractivity contribution in [1.29, 1.82) is 5.26 Å². The fourth-order valence-corrected chi connectivity index (χ4v) is 4.74. The van der Waals surface area contributed by atoms with Crippen LogP contribution in [0, 0.1) is 11.3 Å². The van der Waals surface area contributed by atoms with Crippen LogP contribution in [0.2, 0.25) is 0 Å². The largest absolute Gasteiger partial charge is 0.375 e. The Morgan fingerprint density at radius 3 is 2.72 bits per heavy atom. The van der Waals surface area contributed by atoms with E-state index in [4.69, 9.17) is 14.7 Å². The summed E-state index contributed by atoms with van der Waals surface area (Å²) in [6.45, 7) is 4.69. The van der Waals surface area contributed by atoms with E-state index in [2.05, 4.69) is 23.3 Å². The van der Waals surface area contributed by atoms with E-state index >= 15 is 0 Å². The minimum Gasteiger partial charge on any atom is -0.375 e. The first-order valence-corrected chi connectivity index (χ1v) is 13.1. The van der Waals surface area contributed by atoms with Crippen LogP contribution in [-0.4, -0.2) is 33.2 Å². The molecule has 0 fully saturated rings. The average Bonchev–Trinajstić information content (AvgIpc) is 2.97. The van der Waals surface area contributed by atoms with Crippen LogP contribution in [0.15, 0.2) is 54.7 Å². The van der Waals surface area contributed by atoms with Gasteiger partial charge in [-0.25, -0.2) is 4.98 Å². The minimum atomic E-state index is -0.375. The van der Waals surface area contributed by atoms with Crippen molar-refractivity contribution in [3.05, 3.63) is 88.4 Å². The number of nitrogens with one attached hydrogen (secondary N) is 1. The number of unbranched alkanes of at least 4 members (excludes halogenated alkanes) is 1. The fourth-order valence-electron chi connectivity index (χ4n) is 4.74. The molecule has 0 radical (unpaired) electrons. The van der Waals surface area contributed by atoms with Crippen LogP contribution in [0.4, 0.5) is 0 Å². The molecule has 4 aromatic rings. The highest BCUT2D eigenvalue weighted by atomic mass is 16.5. The van der Waals surface area contributed by atoms with Gasteiger partial charge in [-0.15, -0.1) is 0 Å². The van der Waals surface area contributed by atoms with Gasteiger partial charge in [0.1, 0.15) is 0 Å². The van der Waals surface area contributed by atoms with Crippen LogP contribution in [0.5, 0.6) is 0 Å². The van der Waals surface area contributed by atoms with Gasteiger partial charge < -0.3 is 10.1 Å². The van der Waals surface area contributed by atoms with Crippen LogP contribution < -0.4 is 5.32 Å². The van der Waals surface area contributed by atoms with Gasteiger partial charge in [0, 0.05) is 22.7 Å². The van der Waals surface area contributed by atoms with Gasteiger partial charge in [0.2, 0.25) is 0 Å². The number of aryl methyl sites for hydroxylation is 1. The van der Waals surface area contributed by atoms with E-state index < -0.39 is 0 Å². The summed E-state index contributed by atoms with van der Waals surface area (Å²) in [5.41, 5.74) is 6.58. The molecule has 0 aliphatic carbocycles. The lowest BCUT2D eigenvalue weighted by atomic mass is 9.92. The quantitative estimate of drug-likeness (QED) is 0.314. The van der Waals surface area contributed by atoms with Crippen LogP contribution in [0.1, 0.15) is 75.8 Å². The number of pyridine rings is 3. The molecule has 0 bridgehead atoms. The van der Waals surface area contributed by atoms with E-state index in [1.165, 1.54) is 0 Å². The summed E-state index contributed by atoms with van der Waals surface area (Å²) >= 11 is 0. The lowest BCUT2D eigenvalue weighted by molar-refractivity contribution is 0.0944. The monoisotopic (exact) mass is 519 g/mol. The molecule has 0 saturated heterocycles. The maximum absolute atomic E-state index is 12.9. The lowest BCUT2D eigenvalue weighted by Gasteiger charge is -2.21. The van der Waals surface area contributed by atoms with Gasteiger partial charge in [-0.05, 0) is 73.4 Å². The summed E-state index contributed by atoms with van der Waals surface area (Å²) in [6.07, 6.45) is 4.46. The molecular weight excluding hydrogens is 490 g/mol. The van der Waals surface area contributed by atoms with Crippen LogP contribution >= 0.6 is 0 Å². The third-order valence-electron chi connectivity index (χ3n) is 6.92. The summed E-state index contributed by atoms with van der Waals surface area (Å²) in [5, 5.41) is 13.2. The second kappa shape index (κ2) is 11.5. The van der Waals surface area contributed by atoms with Gasteiger partial charge in [0.25, 0.3) is 5.91 Å². The van der Waals surface area contributed by atoms with Crippen LogP contribution in [0.25, 0.3) is 22.3 Å². The molecule has 1 amide bonds. The summed E-state index contributed by atoms with van der Waals surface area (Å²) in [5.74, 6) is -0.600. The molecule has 0 unspecified atom stereocenters. The Labute approximate surface area is 227 Å². The van der Waals surface area contributed by atoms with Crippen molar-refractivity contribution in [2.24, 2.45) is 0 Å². The molecule has 1 aliphatic rings. The zero-order chi connectivity index (χ0) is 27.4. The maximum atomic E-state index is 12.9. The number of amides is 1. The van der Waals surface area contributed by atoms with Crippen LogP contribution in [0.3, 0.4) is 0 Å². The first-order valence-electron chi connectivity index (χ1n) is 13.1. The molecule has 1 aliphatic heterocycles. The molecule has 0 spiro atoms. The van der Waals surface area contributed by atoms with Gasteiger partial charge in [-0.1, -0.05) is 19.4 Å². The van der Waals surface area contributed by atoms with Gasteiger partial charge in [-0.2, -0.15) is 5.26 Å². The Kier molecular flexibility index (Phi) is 7.71. The summed E-state index contributed by atoms with van der Waals surface area (Å²) in [4.78, 5) is 39.0. The molecule has 1 aromatic carbocycles. The van der Waals surface area contributed by atoms with Gasteiger partial charge in [-0.3, -0.25) is 19.6 Å². The lowest BCUT2D eigenvalue weighted by Crippen LogP contribution is -2.24. The predicted molar refractivity (Wildman–Crippen MR) is 147 cm³/mol. The topological polar surface area (TPSA) is 118 Å². The summed E-state index contributed by atoms with van der Waals surface area (Å²) < 4.78 is 5.46. The predicted octanol–water partition coefficient (Wildman–Crippen LogP) is 5.30. The molecular formula is C31H29N5O3. The van der Waals surface area contributed by atoms with Crippen molar-refractivity contribution in [2.45, 2.75) is 52.2 Å². The first-order chi connectivity index (χ1) is 19.0. The van der Waals surface area contributed by atoms with E-state index in [-0.39, 0.29) is 24.2 Å². The SMILES string of the molecule is CCCCc1nc(-c2ccc3cnc(CNC(=O)c4ccc5c(c4)[C@H](C#N)COC5)cc3n2)ccc1C(C)=O. The Morgan fingerprint density at radius 1 is 1.10 bits per heavy atom. The number of benzene rings is 1.